The van der Waals surface area contributed by atoms with E-state index in [4.69, 9.17) is 11.6 Å². The zero-order chi connectivity index (χ0) is 18.4. The molecular weight excluding hydrogens is 350 g/mol. The fourth-order valence-corrected chi connectivity index (χ4v) is 2.84. The van der Waals surface area contributed by atoms with Gasteiger partial charge in [0.1, 0.15) is 0 Å². The minimum absolute atomic E-state index is 0.127. The molecule has 6 heteroatoms. The predicted octanol–water partition coefficient (Wildman–Crippen LogP) is 3.37. The van der Waals surface area contributed by atoms with E-state index >= 15 is 0 Å². The summed E-state index contributed by atoms with van der Waals surface area (Å²) >= 11 is 5.83. The number of hydrogen-bond acceptors (Lipinski definition) is 3. The number of nitrogens with one attached hydrogen (secondary N) is 1. The number of amides is 2. The molecule has 3 rings (SSSR count). The Balaban J connectivity index is 1.44. The molecular formula is C20H20ClN3O2. The van der Waals surface area contributed by atoms with Crippen LogP contribution in [0.2, 0.25) is 5.02 Å². The third-order valence-electron chi connectivity index (χ3n) is 4.17. The molecule has 0 fully saturated rings. The Morgan fingerprint density at radius 3 is 2.50 bits per heavy atom. The summed E-state index contributed by atoms with van der Waals surface area (Å²) in [5.41, 5.74) is 2.90. The lowest BCUT2D eigenvalue weighted by atomic mass is 10.1. The molecule has 134 valence electrons. The molecule has 0 saturated carbocycles. The molecule has 0 spiro atoms. The van der Waals surface area contributed by atoms with Crippen molar-refractivity contribution < 1.29 is 9.59 Å². The highest BCUT2D eigenvalue weighted by Crippen LogP contribution is 2.15. The molecule has 1 N–H and O–H groups in total. The van der Waals surface area contributed by atoms with E-state index in [9.17, 15) is 9.59 Å². The topological polar surface area (TPSA) is 61.8 Å². The third kappa shape index (κ3) is 4.92. The number of halogens is 1. The number of carbonyl (C=O) groups is 2. The average Bonchev–Trinajstić information content (AvgIpc) is 3.17. The van der Waals surface area contributed by atoms with Crippen LogP contribution in [-0.2, 0) is 16.1 Å². The van der Waals surface area contributed by atoms with E-state index in [1.807, 2.05) is 42.5 Å². The molecule has 0 radical (unpaired) electrons. The van der Waals surface area contributed by atoms with Crippen molar-refractivity contribution >= 4 is 29.1 Å². The lowest BCUT2D eigenvalue weighted by Gasteiger charge is -2.11. The minimum Gasteiger partial charge on any atom is -0.352 e. The van der Waals surface area contributed by atoms with E-state index in [0.717, 1.165) is 23.3 Å². The number of nitrogens with zero attached hydrogens (tertiary/aromatic N) is 2. The highest BCUT2D eigenvalue weighted by atomic mass is 35.5. The monoisotopic (exact) mass is 369 g/mol. The molecule has 1 aliphatic rings. The molecule has 2 aromatic rings. The lowest BCUT2D eigenvalue weighted by molar-refractivity contribution is -0.133. The number of benzene rings is 2. The number of hydrazone groups is 1. The fourth-order valence-electron chi connectivity index (χ4n) is 2.71. The quantitative estimate of drug-likeness (QED) is 0.848. The van der Waals surface area contributed by atoms with Crippen LogP contribution in [0.4, 0.5) is 0 Å². The van der Waals surface area contributed by atoms with Gasteiger partial charge in [0.2, 0.25) is 11.8 Å². The maximum atomic E-state index is 12.3. The van der Waals surface area contributed by atoms with Gasteiger partial charge >= 0.3 is 0 Å². The summed E-state index contributed by atoms with van der Waals surface area (Å²) in [4.78, 5) is 24.2. The van der Waals surface area contributed by atoms with Gasteiger partial charge in [0.15, 0.2) is 0 Å². The van der Waals surface area contributed by atoms with Crippen molar-refractivity contribution in [2.75, 3.05) is 6.54 Å². The van der Waals surface area contributed by atoms with Crippen molar-refractivity contribution in [3.63, 3.8) is 0 Å². The van der Waals surface area contributed by atoms with Crippen molar-refractivity contribution in [2.24, 2.45) is 5.10 Å². The first-order valence-electron chi connectivity index (χ1n) is 8.56. The summed E-state index contributed by atoms with van der Waals surface area (Å²) in [6.07, 6.45) is 1.04. The van der Waals surface area contributed by atoms with Gasteiger partial charge in [-0.2, -0.15) is 5.10 Å². The van der Waals surface area contributed by atoms with Gasteiger partial charge in [0, 0.05) is 30.8 Å². The van der Waals surface area contributed by atoms with Crippen LogP contribution in [0, 0.1) is 0 Å². The van der Waals surface area contributed by atoms with Crippen LogP contribution in [0.1, 0.15) is 30.4 Å². The maximum absolute atomic E-state index is 12.3. The van der Waals surface area contributed by atoms with Gasteiger partial charge in [-0.25, -0.2) is 5.01 Å². The van der Waals surface area contributed by atoms with Crippen molar-refractivity contribution in [3.05, 3.63) is 70.7 Å². The first kappa shape index (κ1) is 18.1. The second-order valence-electron chi connectivity index (χ2n) is 6.08. The summed E-state index contributed by atoms with van der Waals surface area (Å²) in [5, 5.41) is 9.33. The average molecular weight is 370 g/mol. The molecule has 2 amide bonds. The maximum Gasteiger partial charge on any atom is 0.243 e. The Bertz CT molecular complexity index is 804. The summed E-state index contributed by atoms with van der Waals surface area (Å²) in [6.45, 7) is 0.986. The normalized spacial score (nSPS) is 13.4. The number of carbonyl (C=O) groups excluding carboxylic acids is 2. The molecule has 26 heavy (non-hydrogen) atoms. The first-order valence-corrected chi connectivity index (χ1v) is 8.94. The summed E-state index contributed by atoms with van der Waals surface area (Å²) in [6, 6.07) is 17.1. The minimum atomic E-state index is -0.153. The standard InChI is InChI=1S/C20H20ClN3O2/c21-17-8-6-15(7-9-17)14-22-19(25)10-11-20(26)24-13-12-18(23-24)16-4-2-1-3-5-16/h1-9H,10-14H2,(H,22,25). The first-order chi connectivity index (χ1) is 12.6. The van der Waals surface area contributed by atoms with Crippen LogP contribution >= 0.6 is 11.6 Å². The second kappa shape index (κ2) is 8.63. The Hall–Kier alpha value is -2.66. The molecule has 1 aliphatic heterocycles. The van der Waals surface area contributed by atoms with Crippen LogP contribution in [0.15, 0.2) is 59.7 Å². The largest absolute Gasteiger partial charge is 0.352 e. The van der Waals surface area contributed by atoms with E-state index in [0.29, 0.717) is 18.1 Å². The SMILES string of the molecule is O=C(CCC(=O)N1CCC(c2ccccc2)=N1)NCc1ccc(Cl)cc1. The predicted molar refractivity (Wildman–Crippen MR) is 102 cm³/mol. The van der Waals surface area contributed by atoms with Crippen LogP contribution in [0.3, 0.4) is 0 Å². The summed E-state index contributed by atoms with van der Waals surface area (Å²) in [5.74, 6) is -0.280. The lowest BCUT2D eigenvalue weighted by Crippen LogP contribution is -2.27. The fraction of sp³-hybridized carbons (Fsp3) is 0.250. The van der Waals surface area contributed by atoms with Crippen molar-refractivity contribution in [1.29, 1.82) is 0 Å². The molecule has 2 aromatic carbocycles. The van der Waals surface area contributed by atoms with Gasteiger partial charge in [-0.3, -0.25) is 9.59 Å². The zero-order valence-electron chi connectivity index (χ0n) is 14.3. The third-order valence-corrected chi connectivity index (χ3v) is 4.42. The van der Waals surface area contributed by atoms with E-state index in [1.165, 1.54) is 5.01 Å². The van der Waals surface area contributed by atoms with Crippen LogP contribution in [-0.4, -0.2) is 29.1 Å². The number of rotatable bonds is 6. The highest BCUT2D eigenvalue weighted by molar-refractivity contribution is 6.30. The van der Waals surface area contributed by atoms with Gasteiger partial charge < -0.3 is 5.32 Å². The van der Waals surface area contributed by atoms with Crippen LogP contribution in [0.25, 0.3) is 0 Å². The molecule has 0 atom stereocenters. The zero-order valence-corrected chi connectivity index (χ0v) is 15.1. The molecule has 0 aromatic heterocycles. The molecule has 0 unspecified atom stereocenters. The van der Waals surface area contributed by atoms with E-state index in [-0.39, 0.29) is 24.7 Å². The molecule has 0 bridgehead atoms. The van der Waals surface area contributed by atoms with Gasteiger partial charge in [-0.1, -0.05) is 54.1 Å². The molecule has 5 nitrogen and oxygen atoms in total. The number of hydrogen-bond donors (Lipinski definition) is 1. The molecule has 1 heterocycles. The van der Waals surface area contributed by atoms with Gasteiger partial charge in [-0.05, 0) is 23.3 Å². The van der Waals surface area contributed by atoms with E-state index in [1.54, 1.807) is 12.1 Å². The van der Waals surface area contributed by atoms with E-state index in [2.05, 4.69) is 10.4 Å². The summed E-state index contributed by atoms with van der Waals surface area (Å²) < 4.78 is 0. The van der Waals surface area contributed by atoms with Crippen LogP contribution in [0.5, 0.6) is 0 Å². The van der Waals surface area contributed by atoms with Crippen molar-refractivity contribution in [1.82, 2.24) is 10.3 Å². The Labute approximate surface area is 157 Å². The molecule has 0 saturated heterocycles. The van der Waals surface area contributed by atoms with Gasteiger partial charge in [0.05, 0.1) is 12.3 Å². The smallest absolute Gasteiger partial charge is 0.243 e. The Morgan fingerprint density at radius 2 is 1.77 bits per heavy atom. The van der Waals surface area contributed by atoms with Gasteiger partial charge in [0.25, 0.3) is 0 Å². The second-order valence-corrected chi connectivity index (χ2v) is 6.52. The van der Waals surface area contributed by atoms with Gasteiger partial charge in [-0.15, -0.1) is 0 Å². The Kier molecular flexibility index (Phi) is 6.02. The van der Waals surface area contributed by atoms with Crippen molar-refractivity contribution in [2.45, 2.75) is 25.8 Å². The van der Waals surface area contributed by atoms with Crippen molar-refractivity contribution in [3.8, 4) is 0 Å². The van der Waals surface area contributed by atoms with Crippen LogP contribution < -0.4 is 5.32 Å². The summed E-state index contributed by atoms with van der Waals surface area (Å²) in [7, 11) is 0. The Morgan fingerprint density at radius 1 is 1.04 bits per heavy atom. The van der Waals surface area contributed by atoms with E-state index < -0.39 is 0 Å². The highest BCUT2D eigenvalue weighted by Gasteiger charge is 2.21. The molecule has 0 aliphatic carbocycles.